The van der Waals surface area contributed by atoms with Crippen LogP contribution in [0.25, 0.3) is 0 Å². The first-order valence-electron chi connectivity index (χ1n) is 9.36. The number of carbonyl (C=O) groups excluding carboxylic acids is 1. The fourth-order valence-corrected chi connectivity index (χ4v) is 3.55. The smallest absolute Gasteiger partial charge is 0.410 e. The zero-order valence-corrected chi connectivity index (χ0v) is 14.8. The van der Waals surface area contributed by atoms with Crippen molar-refractivity contribution < 1.29 is 14.6 Å². The molecule has 1 aliphatic rings. The molecule has 1 saturated heterocycles. The maximum atomic E-state index is 12.7. The highest BCUT2D eigenvalue weighted by Crippen LogP contribution is 2.31. The van der Waals surface area contributed by atoms with Gasteiger partial charge >= 0.3 is 6.09 Å². The Labute approximate surface area is 145 Å². The summed E-state index contributed by atoms with van der Waals surface area (Å²) in [6, 6.07) is 10.4. The molecule has 0 spiro atoms. The van der Waals surface area contributed by atoms with E-state index in [0.717, 1.165) is 56.9 Å². The van der Waals surface area contributed by atoms with Crippen molar-refractivity contribution in [2.45, 2.75) is 77.0 Å². The van der Waals surface area contributed by atoms with Gasteiger partial charge in [-0.1, -0.05) is 50.1 Å². The Kier molecular flexibility index (Phi) is 8.10. The zero-order valence-electron chi connectivity index (χ0n) is 14.8. The molecule has 134 valence electrons. The van der Waals surface area contributed by atoms with E-state index in [9.17, 15) is 4.79 Å². The van der Waals surface area contributed by atoms with Crippen LogP contribution in [0.1, 0.15) is 63.9 Å². The number of likely N-dealkylation sites (tertiary alicyclic amines) is 1. The van der Waals surface area contributed by atoms with E-state index in [1.807, 2.05) is 35.2 Å². The first-order chi connectivity index (χ1) is 11.8. The lowest BCUT2D eigenvalue weighted by atomic mass is 10.1. The SMILES string of the molecule is CCCC[C@H]1CC[C@H](CCCCO)N1C(=O)OCc1ccccc1. The molecular weight excluding hydrogens is 302 g/mol. The second kappa shape index (κ2) is 10.3. The summed E-state index contributed by atoms with van der Waals surface area (Å²) in [7, 11) is 0. The summed E-state index contributed by atoms with van der Waals surface area (Å²) in [6.07, 6.45) is 8.05. The Hall–Kier alpha value is -1.55. The number of carbonyl (C=O) groups is 1. The van der Waals surface area contributed by atoms with Crippen LogP contribution in [0, 0.1) is 0 Å². The molecule has 0 unspecified atom stereocenters. The van der Waals surface area contributed by atoms with Crippen molar-refractivity contribution in [3.63, 3.8) is 0 Å². The predicted molar refractivity (Wildman–Crippen MR) is 95.7 cm³/mol. The van der Waals surface area contributed by atoms with E-state index in [-0.39, 0.29) is 18.7 Å². The lowest BCUT2D eigenvalue weighted by molar-refractivity contribution is 0.0742. The molecule has 1 aliphatic heterocycles. The van der Waals surface area contributed by atoms with Gasteiger partial charge in [0.25, 0.3) is 0 Å². The van der Waals surface area contributed by atoms with Gasteiger partial charge in [-0.2, -0.15) is 0 Å². The number of benzene rings is 1. The monoisotopic (exact) mass is 333 g/mol. The van der Waals surface area contributed by atoms with E-state index in [2.05, 4.69) is 6.92 Å². The summed E-state index contributed by atoms with van der Waals surface area (Å²) in [5.74, 6) is 0. The fraction of sp³-hybridized carbons (Fsp3) is 0.650. The number of aliphatic hydroxyl groups is 1. The van der Waals surface area contributed by atoms with Gasteiger partial charge in [0, 0.05) is 18.7 Å². The molecule has 4 heteroatoms. The van der Waals surface area contributed by atoms with Crippen molar-refractivity contribution in [1.29, 1.82) is 0 Å². The van der Waals surface area contributed by atoms with Gasteiger partial charge in [0.1, 0.15) is 6.61 Å². The summed E-state index contributed by atoms with van der Waals surface area (Å²) >= 11 is 0. The third-order valence-electron chi connectivity index (χ3n) is 4.87. The molecule has 1 heterocycles. The van der Waals surface area contributed by atoms with Crippen molar-refractivity contribution in [2.24, 2.45) is 0 Å². The zero-order chi connectivity index (χ0) is 17.2. The molecule has 0 aliphatic carbocycles. The van der Waals surface area contributed by atoms with Gasteiger partial charge in [0.15, 0.2) is 0 Å². The molecule has 0 radical (unpaired) electrons. The lowest BCUT2D eigenvalue weighted by Gasteiger charge is -2.30. The molecule has 2 atom stereocenters. The van der Waals surface area contributed by atoms with E-state index in [4.69, 9.17) is 9.84 Å². The number of unbranched alkanes of at least 4 members (excludes halogenated alkanes) is 2. The number of ether oxygens (including phenoxy) is 1. The van der Waals surface area contributed by atoms with Gasteiger partial charge < -0.3 is 14.7 Å². The van der Waals surface area contributed by atoms with Crippen molar-refractivity contribution in [1.82, 2.24) is 4.90 Å². The predicted octanol–water partition coefficient (Wildman–Crippen LogP) is 4.51. The lowest BCUT2D eigenvalue weighted by Crippen LogP contribution is -2.41. The van der Waals surface area contributed by atoms with Crippen LogP contribution in [-0.4, -0.2) is 34.8 Å². The molecule has 1 aromatic carbocycles. The summed E-state index contributed by atoms with van der Waals surface area (Å²) < 4.78 is 5.60. The van der Waals surface area contributed by atoms with Crippen molar-refractivity contribution >= 4 is 6.09 Å². The van der Waals surface area contributed by atoms with Gasteiger partial charge in [-0.05, 0) is 44.1 Å². The van der Waals surface area contributed by atoms with Gasteiger partial charge in [-0.3, -0.25) is 0 Å². The Morgan fingerprint density at radius 1 is 1.12 bits per heavy atom. The summed E-state index contributed by atoms with van der Waals surface area (Å²) in [5.41, 5.74) is 1.02. The minimum atomic E-state index is -0.175. The van der Waals surface area contributed by atoms with Crippen molar-refractivity contribution in [2.75, 3.05) is 6.61 Å². The highest BCUT2D eigenvalue weighted by molar-refractivity contribution is 5.69. The van der Waals surface area contributed by atoms with Crippen LogP contribution in [0.5, 0.6) is 0 Å². The summed E-state index contributed by atoms with van der Waals surface area (Å²) in [4.78, 5) is 14.7. The molecule has 1 amide bonds. The first kappa shape index (κ1) is 18.8. The van der Waals surface area contributed by atoms with Crippen LogP contribution in [0.4, 0.5) is 4.79 Å². The Morgan fingerprint density at radius 2 is 1.79 bits per heavy atom. The van der Waals surface area contributed by atoms with E-state index < -0.39 is 0 Å². The number of aliphatic hydroxyl groups excluding tert-OH is 1. The van der Waals surface area contributed by atoms with Crippen LogP contribution < -0.4 is 0 Å². The third-order valence-corrected chi connectivity index (χ3v) is 4.87. The Balaban J connectivity index is 1.93. The van der Waals surface area contributed by atoms with E-state index in [0.29, 0.717) is 12.6 Å². The molecule has 24 heavy (non-hydrogen) atoms. The van der Waals surface area contributed by atoms with Crippen LogP contribution in [-0.2, 0) is 11.3 Å². The highest BCUT2D eigenvalue weighted by Gasteiger charge is 2.36. The standard InChI is InChI=1S/C20H31NO3/c1-2-3-11-18-13-14-19(12-7-8-15-22)21(18)20(23)24-16-17-9-5-4-6-10-17/h4-6,9-10,18-19,22H,2-3,7-8,11-16H2,1H3/t18-,19-/m0/s1. The second-order valence-corrected chi connectivity index (χ2v) is 6.69. The summed E-state index contributed by atoms with van der Waals surface area (Å²) in [6.45, 7) is 2.75. The molecule has 4 nitrogen and oxygen atoms in total. The maximum absolute atomic E-state index is 12.7. The minimum Gasteiger partial charge on any atom is -0.445 e. The van der Waals surface area contributed by atoms with E-state index >= 15 is 0 Å². The number of hydrogen-bond donors (Lipinski definition) is 1. The van der Waals surface area contributed by atoms with Gasteiger partial charge in [-0.15, -0.1) is 0 Å². The topological polar surface area (TPSA) is 49.8 Å². The Morgan fingerprint density at radius 3 is 2.42 bits per heavy atom. The molecule has 1 aromatic rings. The molecular formula is C20H31NO3. The fourth-order valence-electron chi connectivity index (χ4n) is 3.55. The van der Waals surface area contributed by atoms with Crippen LogP contribution in [0.15, 0.2) is 30.3 Å². The summed E-state index contributed by atoms with van der Waals surface area (Å²) in [5, 5.41) is 8.99. The molecule has 2 rings (SSSR count). The van der Waals surface area contributed by atoms with Gasteiger partial charge in [-0.25, -0.2) is 4.79 Å². The minimum absolute atomic E-state index is 0.175. The van der Waals surface area contributed by atoms with E-state index in [1.165, 1.54) is 0 Å². The molecule has 0 bridgehead atoms. The van der Waals surface area contributed by atoms with Crippen molar-refractivity contribution in [3.8, 4) is 0 Å². The molecule has 1 N–H and O–H groups in total. The number of nitrogens with zero attached hydrogens (tertiary/aromatic N) is 1. The van der Waals surface area contributed by atoms with Gasteiger partial charge in [0.2, 0.25) is 0 Å². The van der Waals surface area contributed by atoms with Crippen LogP contribution in [0.2, 0.25) is 0 Å². The Bertz CT molecular complexity index is 477. The quantitative estimate of drug-likeness (QED) is 0.677. The second-order valence-electron chi connectivity index (χ2n) is 6.69. The normalized spacial score (nSPS) is 20.3. The van der Waals surface area contributed by atoms with Gasteiger partial charge in [0.05, 0.1) is 0 Å². The first-order valence-corrected chi connectivity index (χ1v) is 9.36. The molecule has 1 fully saturated rings. The highest BCUT2D eigenvalue weighted by atomic mass is 16.6. The average molecular weight is 333 g/mol. The molecule has 0 saturated carbocycles. The maximum Gasteiger partial charge on any atom is 0.410 e. The van der Waals surface area contributed by atoms with Crippen LogP contribution >= 0.6 is 0 Å². The number of amides is 1. The largest absolute Gasteiger partial charge is 0.445 e. The third kappa shape index (κ3) is 5.52. The number of rotatable bonds is 9. The van der Waals surface area contributed by atoms with E-state index in [1.54, 1.807) is 0 Å². The average Bonchev–Trinajstić information content (AvgIpc) is 3.02. The number of hydrogen-bond acceptors (Lipinski definition) is 3. The molecule has 0 aromatic heterocycles. The van der Waals surface area contributed by atoms with Crippen LogP contribution in [0.3, 0.4) is 0 Å². The van der Waals surface area contributed by atoms with Crippen molar-refractivity contribution in [3.05, 3.63) is 35.9 Å².